The number of carbonyl (C=O) groups excluding carboxylic acids is 3. The van der Waals surface area contributed by atoms with Crippen LogP contribution < -0.4 is 9.47 Å². The van der Waals surface area contributed by atoms with Crippen molar-refractivity contribution in [3.05, 3.63) is 53.0 Å². The van der Waals surface area contributed by atoms with E-state index < -0.39 is 23.7 Å². The van der Waals surface area contributed by atoms with Gasteiger partial charge in [0.15, 0.2) is 11.5 Å². The van der Waals surface area contributed by atoms with Gasteiger partial charge in [0.2, 0.25) is 5.76 Å². The highest BCUT2D eigenvalue weighted by atomic mass is 16.7. The monoisotopic (exact) mass is 416 g/mol. The smallest absolute Gasteiger partial charge is 0.373 e. The Labute approximate surface area is 172 Å². The van der Waals surface area contributed by atoms with Crippen molar-refractivity contribution in [2.45, 2.75) is 26.2 Å². The largest absolute Gasteiger partial charge is 0.493 e. The molecule has 0 aliphatic carbocycles. The summed E-state index contributed by atoms with van der Waals surface area (Å²) in [6, 6.07) is 7.91. The third kappa shape index (κ3) is 4.62. The Morgan fingerprint density at radius 2 is 1.73 bits per heavy atom. The molecule has 30 heavy (non-hydrogen) atoms. The predicted octanol–water partition coefficient (Wildman–Crippen LogP) is 2.87. The summed E-state index contributed by atoms with van der Waals surface area (Å²) in [4.78, 5) is 35.6. The van der Waals surface area contributed by atoms with Crippen molar-refractivity contribution in [3.8, 4) is 11.5 Å². The predicted molar refractivity (Wildman–Crippen MR) is 102 cm³/mol. The molecule has 0 spiro atoms. The van der Waals surface area contributed by atoms with Crippen LogP contribution in [0.1, 0.15) is 35.7 Å². The van der Waals surface area contributed by atoms with Crippen molar-refractivity contribution in [1.82, 2.24) is 0 Å². The number of cyclic esters (lactones) is 2. The fraction of sp³-hybridized carbons (Fsp3) is 0.286. The van der Waals surface area contributed by atoms with Gasteiger partial charge in [0, 0.05) is 13.8 Å². The molecular weight excluding hydrogens is 396 g/mol. The average Bonchev–Trinajstić information content (AvgIpc) is 3.17. The summed E-state index contributed by atoms with van der Waals surface area (Å²) in [5.74, 6) is -2.18. The van der Waals surface area contributed by atoms with Gasteiger partial charge >= 0.3 is 17.9 Å². The topological polar surface area (TPSA) is 110 Å². The molecule has 1 aromatic carbocycles. The van der Waals surface area contributed by atoms with Crippen LogP contribution in [0.25, 0.3) is 6.08 Å². The molecule has 2 heterocycles. The number of benzene rings is 1. The number of hydrogen-bond acceptors (Lipinski definition) is 9. The summed E-state index contributed by atoms with van der Waals surface area (Å²) < 4.78 is 31.1. The van der Waals surface area contributed by atoms with Gasteiger partial charge in [-0.25, -0.2) is 14.4 Å². The van der Waals surface area contributed by atoms with Gasteiger partial charge in [0.05, 0.1) is 14.2 Å². The number of rotatable bonds is 6. The Bertz CT molecular complexity index is 991. The third-order valence-corrected chi connectivity index (χ3v) is 4.03. The summed E-state index contributed by atoms with van der Waals surface area (Å²) in [5, 5.41) is 0. The SMILES string of the molecule is COC(=O)c1ccc(COc2ccc(C=C3C(=O)OC(C)(C)OC3=O)cc2OC)o1. The lowest BCUT2D eigenvalue weighted by Gasteiger charge is -2.29. The molecule has 0 atom stereocenters. The number of esters is 3. The summed E-state index contributed by atoms with van der Waals surface area (Å²) in [6.07, 6.45) is 1.35. The number of carbonyl (C=O) groups is 3. The number of ether oxygens (including phenoxy) is 5. The highest BCUT2D eigenvalue weighted by Gasteiger charge is 2.38. The van der Waals surface area contributed by atoms with Gasteiger partial charge in [0.25, 0.3) is 5.79 Å². The van der Waals surface area contributed by atoms with Crippen LogP contribution in [0.15, 0.2) is 40.3 Å². The Morgan fingerprint density at radius 3 is 2.37 bits per heavy atom. The van der Waals surface area contributed by atoms with E-state index in [0.717, 1.165) is 0 Å². The first-order valence-electron chi connectivity index (χ1n) is 8.88. The van der Waals surface area contributed by atoms with E-state index in [1.807, 2.05) is 0 Å². The van der Waals surface area contributed by atoms with Gasteiger partial charge in [-0.1, -0.05) is 6.07 Å². The van der Waals surface area contributed by atoms with Crippen molar-refractivity contribution in [2.24, 2.45) is 0 Å². The fourth-order valence-electron chi connectivity index (χ4n) is 2.65. The van der Waals surface area contributed by atoms with Gasteiger partial charge in [-0.2, -0.15) is 0 Å². The maximum atomic E-state index is 12.1. The van der Waals surface area contributed by atoms with E-state index in [0.29, 0.717) is 22.8 Å². The first-order chi connectivity index (χ1) is 14.2. The lowest BCUT2D eigenvalue weighted by atomic mass is 10.1. The number of hydrogen-bond donors (Lipinski definition) is 0. The molecule has 0 radical (unpaired) electrons. The minimum atomic E-state index is -1.31. The van der Waals surface area contributed by atoms with Crippen LogP contribution in [-0.2, 0) is 30.4 Å². The molecule has 2 aromatic rings. The molecule has 1 aliphatic rings. The van der Waals surface area contributed by atoms with Gasteiger partial charge in [-0.05, 0) is 35.9 Å². The van der Waals surface area contributed by atoms with Gasteiger partial charge in [-0.15, -0.1) is 0 Å². The van der Waals surface area contributed by atoms with Crippen LogP contribution in [0.2, 0.25) is 0 Å². The minimum absolute atomic E-state index is 0.0432. The standard InChI is InChI=1S/C21H20O9/c1-21(2)29-18(22)14(19(23)30-21)9-12-5-7-15(17(10-12)25-3)27-11-13-6-8-16(28-13)20(24)26-4/h5-10H,11H2,1-4H3. The van der Waals surface area contributed by atoms with E-state index in [1.165, 1.54) is 40.2 Å². The highest BCUT2D eigenvalue weighted by Crippen LogP contribution is 2.31. The molecule has 158 valence electrons. The molecular formula is C21H20O9. The number of furan rings is 1. The Balaban J connectivity index is 1.75. The van der Waals surface area contributed by atoms with Crippen LogP contribution in [0.3, 0.4) is 0 Å². The normalized spacial score (nSPS) is 15.1. The molecule has 9 heteroatoms. The molecule has 1 saturated heterocycles. The summed E-state index contributed by atoms with van der Waals surface area (Å²) in [7, 11) is 2.71. The summed E-state index contributed by atoms with van der Waals surface area (Å²) >= 11 is 0. The van der Waals surface area contributed by atoms with E-state index >= 15 is 0 Å². The fourth-order valence-corrected chi connectivity index (χ4v) is 2.65. The number of methoxy groups -OCH3 is 2. The molecule has 0 bridgehead atoms. The van der Waals surface area contributed by atoms with E-state index in [-0.39, 0.29) is 17.9 Å². The van der Waals surface area contributed by atoms with Crippen LogP contribution in [0, 0.1) is 0 Å². The van der Waals surface area contributed by atoms with Crippen LogP contribution >= 0.6 is 0 Å². The second kappa shape index (κ2) is 8.32. The van der Waals surface area contributed by atoms with Crippen LogP contribution in [-0.4, -0.2) is 37.9 Å². The molecule has 0 amide bonds. The molecule has 3 rings (SSSR count). The van der Waals surface area contributed by atoms with Gasteiger partial charge in [0.1, 0.15) is 17.9 Å². The zero-order valence-electron chi connectivity index (χ0n) is 16.8. The lowest BCUT2D eigenvalue weighted by Crippen LogP contribution is -2.41. The second-order valence-corrected chi connectivity index (χ2v) is 6.69. The minimum Gasteiger partial charge on any atom is -0.493 e. The average molecular weight is 416 g/mol. The van der Waals surface area contributed by atoms with Crippen molar-refractivity contribution >= 4 is 24.0 Å². The lowest BCUT2D eigenvalue weighted by molar-refractivity contribution is -0.222. The van der Waals surface area contributed by atoms with Crippen molar-refractivity contribution in [1.29, 1.82) is 0 Å². The first-order valence-corrected chi connectivity index (χ1v) is 8.88. The Kier molecular flexibility index (Phi) is 5.81. The highest BCUT2D eigenvalue weighted by molar-refractivity contribution is 6.18. The van der Waals surface area contributed by atoms with Crippen molar-refractivity contribution < 1.29 is 42.5 Å². The van der Waals surface area contributed by atoms with Gasteiger partial charge < -0.3 is 28.1 Å². The molecule has 0 saturated carbocycles. The molecule has 1 aliphatic heterocycles. The second-order valence-electron chi connectivity index (χ2n) is 6.69. The van der Waals surface area contributed by atoms with Gasteiger partial charge in [-0.3, -0.25) is 0 Å². The molecule has 0 N–H and O–H groups in total. The van der Waals surface area contributed by atoms with Crippen LogP contribution in [0.5, 0.6) is 11.5 Å². The quantitative estimate of drug-likeness (QED) is 0.399. The third-order valence-electron chi connectivity index (χ3n) is 4.03. The molecule has 0 unspecified atom stereocenters. The van der Waals surface area contributed by atoms with Crippen molar-refractivity contribution in [2.75, 3.05) is 14.2 Å². The molecule has 9 nitrogen and oxygen atoms in total. The first kappa shape index (κ1) is 21.0. The maximum Gasteiger partial charge on any atom is 0.373 e. The summed E-state index contributed by atoms with van der Waals surface area (Å²) in [6.45, 7) is 2.99. The zero-order chi connectivity index (χ0) is 21.9. The summed E-state index contributed by atoms with van der Waals surface area (Å²) in [5.41, 5.74) is 0.282. The van der Waals surface area contributed by atoms with E-state index in [1.54, 1.807) is 24.3 Å². The Morgan fingerprint density at radius 1 is 1.03 bits per heavy atom. The van der Waals surface area contributed by atoms with E-state index in [4.69, 9.17) is 23.4 Å². The molecule has 1 fully saturated rings. The van der Waals surface area contributed by atoms with Crippen molar-refractivity contribution in [3.63, 3.8) is 0 Å². The van der Waals surface area contributed by atoms with E-state index in [2.05, 4.69) is 4.74 Å². The Hall–Kier alpha value is -3.75. The zero-order valence-corrected chi connectivity index (χ0v) is 16.8. The molecule has 1 aromatic heterocycles. The van der Waals surface area contributed by atoms with Crippen LogP contribution in [0.4, 0.5) is 0 Å². The van der Waals surface area contributed by atoms with E-state index in [9.17, 15) is 14.4 Å². The maximum absolute atomic E-state index is 12.1.